The standard InChI is InChI=1S/C22H17NO/c1-16-9-8-12-18-15-20(24-19-13-6-3-7-14-19)22(23-21(16)18)17-10-4-2-5-11-17/h2-15H,1H3. The summed E-state index contributed by atoms with van der Waals surface area (Å²) in [6.45, 7) is 2.09. The second-order valence-corrected chi connectivity index (χ2v) is 5.76. The first-order valence-electron chi connectivity index (χ1n) is 8.00. The Morgan fingerprint density at radius 1 is 0.750 bits per heavy atom. The summed E-state index contributed by atoms with van der Waals surface area (Å²) in [5.41, 5.74) is 4.09. The average molecular weight is 311 g/mol. The molecule has 0 amide bonds. The third-order valence-electron chi connectivity index (χ3n) is 4.03. The topological polar surface area (TPSA) is 22.1 Å². The zero-order chi connectivity index (χ0) is 16.4. The summed E-state index contributed by atoms with van der Waals surface area (Å²) in [5, 5.41) is 1.08. The number of para-hydroxylation sites is 2. The molecule has 0 saturated carbocycles. The van der Waals surface area contributed by atoms with Gasteiger partial charge in [0.25, 0.3) is 0 Å². The van der Waals surface area contributed by atoms with Crippen LogP contribution < -0.4 is 4.74 Å². The van der Waals surface area contributed by atoms with Gasteiger partial charge in [0, 0.05) is 10.9 Å². The van der Waals surface area contributed by atoms with Crippen LogP contribution in [-0.4, -0.2) is 4.98 Å². The van der Waals surface area contributed by atoms with Crippen LogP contribution in [0.25, 0.3) is 22.2 Å². The van der Waals surface area contributed by atoms with Crippen molar-refractivity contribution in [2.75, 3.05) is 0 Å². The maximum absolute atomic E-state index is 6.15. The van der Waals surface area contributed by atoms with Crippen molar-refractivity contribution in [1.82, 2.24) is 4.98 Å². The summed E-state index contributed by atoms with van der Waals surface area (Å²) in [6, 6.07) is 28.3. The zero-order valence-electron chi connectivity index (χ0n) is 13.4. The largest absolute Gasteiger partial charge is 0.455 e. The molecular formula is C22H17NO. The lowest BCUT2D eigenvalue weighted by Crippen LogP contribution is -1.94. The lowest BCUT2D eigenvalue weighted by atomic mass is 10.1. The van der Waals surface area contributed by atoms with Crippen molar-refractivity contribution in [3.05, 3.63) is 90.5 Å². The quantitative estimate of drug-likeness (QED) is 0.463. The smallest absolute Gasteiger partial charge is 0.154 e. The van der Waals surface area contributed by atoms with Crippen molar-refractivity contribution in [2.24, 2.45) is 0 Å². The maximum Gasteiger partial charge on any atom is 0.154 e. The second kappa shape index (κ2) is 6.17. The number of hydrogen-bond donors (Lipinski definition) is 0. The molecule has 0 unspecified atom stereocenters. The molecule has 0 spiro atoms. The summed E-state index contributed by atoms with van der Waals surface area (Å²) in [5.74, 6) is 1.58. The molecule has 1 heterocycles. The Kier molecular flexibility index (Phi) is 3.72. The fourth-order valence-corrected chi connectivity index (χ4v) is 2.82. The van der Waals surface area contributed by atoms with Crippen LogP contribution in [0, 0.1) is 6.92 Å². The van der Waals surface area contributed by atoms with Gasteiger partial charge in [-0.3, -0.25) is 0 Å². The first kappa shape index (κ1) is 14.5. The Morgan fingerprint density at radius 2 is 1.46 bits per heavy atom. The van der Waals surface area contributed by atoms with Crippen molar-refractivity contribution in [2.45, 2.75) is 6.92 Å². The molecule has 2 nitrogen and oxygen atoms in total. The molecule has 24 heavy (non-hydrogen) atoms. The lowest BCUT2D eigenvalue weighted by molar-refractivity contribution is 0.483. The molecule has 4 rings (SSSR count). The van der Waals surface area contributed by atoms with Crippen LogP contribution in [0.1, 0.15) is 5.56 Å². The summed E-state index contributed by atoms with van der Waals surface area (Å²) >= 11 is 0. The van der Waals surface area contributed by atoms with Crippen LogP contribution in [0.2, 0.25) is 0 Å². The minimum absolute atomic E-state index is 0.769. The van der Waals surface area contributed by atoms with E-state index >= 15 is 0 Å². The second-order valence-electron chi connectivity index (χ2n) is 5.76. The molecule has 1 aromatic heterocycles. The van der Waals surface area contributed by atoms with Gasteiger partial charge in [-0.1, -0.05) is 66.7 Å². The SMILES string of the molecule is Cc1cccc2cc(Oc3ccccc3)c(-c3ccccc3)nc12. The van der Waals surface area contributed by atoms with Gasteiger partial charge >= 0.3 is 0 Å². The van der Waals surface area contributed by atoms with E-state index in [9.17, 15) is 0 Å². The van der Waals surface area contributed by atoms with Crippen molar-refractivity contribution >= 4 is 10.9 Å². The Morgan fingerprint density at radius 3 is 2.21 bits per heavy atom. The van der Waals surface area contributed by atoms with E-state index in [0.717, 1.165) is 39.2 Å². The number of aromatic nitrogens is 1. The number of nitrogens with zero attached hydrogens (tertiary/aromatic N) is 1. The molecule has 0 saturated heterocycles. The molecule has 0 bridgehead atoms. The Balaban J connectivity index is 1.93. The molecule has 0 fully saturated rings. The number of ether oxygens (including phenoxy) is 1. The normalized spacial score (nSPS) is 10.7. The molecule has 4 aromatic rings. The summed E-state index contributed by atoms with van der Waals surface area (Å²) in [7, 11) is 0. The van der Waals surface area contributed by atoms with Gasteiger partial charge in [0.15, 0.2) is 5.75 Å². The van der Waals surface area contributed by atoms with Crippen LogP contribution in [0.4, 0.5) is 0 Å². The van der Waals surface area contributed by atoms with E-state index in [1.807, 2.05) is 54.6 Å². The number of pyridine rings is 1. The molecule has 0 N–H and O–H groups in total. The van der Waals surface area contributed by atoms with Crippen LogP contribution in [0.5, 0.6) is 11.5 Å². The maximum atomic E-state index is 6.15. The van der Waals surface area contributed by atoms with Gasteiger partial charge in [0.1, 0.15) is 11.4 Å². The minimum Gasteiger partial charge on any atom is -0.455 e. The van der Waals surface area contributed by atoms with Crippen LogP contribution >= 0.6 is 0 Å². The van der Waals surface area contributed by atoms with Gasteiger partial charge in [-0.25, -0.2) is 4.98 Å². The average Bonchev–Trinajstić information content (AvgIpc) is 2.63. The number of fused-ring (bicyclic) bond motifs is 1. The highest BCUT2D eigenvalue weighted by Crippen LogP contribution is 2.35. The summed E-state index contributed by atoms with van der Waals surface area (Å²) < 4.78 is 6.15. The highest BCUT2D eigenvalue weighted by molar-refractivity contribution is 5.87. The number of rotatable bonds is 3. The van der Waals surface area contributed by atoms with E-state index in [0.29, 0.717) is 0 Å². The van der Waals surface area contributed by atoms with Crippen molar-refractivity contribution in [3.8, 4) is 22.8 Å². The molecule has 0 radical (unpaired) electrons. The van der Waals surface area contributed by atoms with Crippen LogP contribution in [0.15, 0.2) is 84.9 Å². The van der Waals surface area contributed by atoms with Gasteiger partial charge in [0.05, 0.1) is 5.52 Å². The molecule has 0 aliphatic heterocycles. The molecule has 0 aliphatic carbocycles. The van der Waals surface area contributed by atoms with E-state index in [-0.39, 0.29) is 0 Å². The van der Waals surface area contributed by atoms with E-state index in [1.165, 1.54) is 0 Å². The predicted molar refractivity (Wildman–Crippen MR) is 98.4 cm³/mol. The Hall–Kier alpha value is -3.13. The third-order valence-corrected chi connectivity index (χ3v) is 4.03. The van der Waals surface area contributed by atoms with E-state index in [4.69, 9.17) is 9.72 Å². The van der Waals surface area contributed by atoms with Gasteiger partial charge < -0.3 is 4.74 Å². The molecule has 3 aromatic carbocycles. The lowest BCUT2D eigenvalue weighted by Gasteiger charge is -2.13. The van der Waals surface area contributed by atoms with Crippen molar-refractivity contribution < 1.29 is 4.74 Å². The fraction of sp³-hybridized carbons (Fsp3) is 0.0455. The Bertz CT molecular complexity index is 979. The monoisotopic (exact) mass is 311 g/mol. The van der Waals surface area contributed by atoms with E-state index in [1.54, 1.807) is 0 Å². The molecule has 116 valence electrons. The van der Waals surface area contributed by atoms with Crippen LogP contribution in [-0.2, 0) is 0 Å². The molecule has 2 heteroatoms. The molecular weight excluding hydrogens is 294 g/mol. The number of hydrogen-bond acceptors (Lipinski definition) is 2. The van der Waals surface area contributed by atoms with Gasteiger partial charge in [-0.15, -0.1) is 0 Å². The fourth-order valence-electron chi connectivity index (χ4n) is 2.82. The first-order valence-corrected chi connectivity index (χ1v) is 8.00. The molecule has 0 aliphatic rings. The Labute approximate surface area is 141 Å². The third kappa shape index (κ3) is 2.74. The van der Waals surface area contributed by atoms with Gasteiger partial charge in [-0.2, -0.15) is 0 Å². The van der Waals surface area contributed by atoms with Crippen molar-refractivity contribution in [3.63, 3.8) is 0 Å². The minimum atomic E-state index is 0.769. The zero-order valence-corrected chi connectivity index (χ0v) is 13.4. The first-order chi connectivity index (χ1) is 11.8. The highest BCUT2D eigenvalue weighted by Gasteiger charge is 2.12. The summed E-state index contributed by atoms with van der Waals surface area (Å²) in [6.07, 6.45) is 0. The van der Waals surface area contributed by atoms with Gasteiger partial charge in [0.2, 0.25) is 0 Å². The van der Waals surface area contributed by atoms with Crippen molar-refractivity contribution in [1.29, 1.82) is 0 Å². The van der Waals surface area contributed by atoms with Crippen LogP contribution in [0.3, 0.4) is 0 Å². The van der Waals surface area contributed by atoms with E-state index in [2.05, 4.69) is 37.3 Å². The highest BCUT2D eigenvalue weighted by atomic mass is 16.5. The molecule has 0 atom stereocenters. The van der Waals surface area contributed by atoms with E-state index < -0.39 is 0 Å². The number of aryl methyl sites for hydroxylation is 1. The van der Waals surface area contributed by atoms with Gasteiger partial charge in [-0.05, 0) is 30.7 Å². The predicted octanol–water partition coefficient (Wildman–Crippen LogP) is 6.00. The summed E-state index contributed by atoms with van der Waals surface area (Å²) in [4.78, 5) is 4.92. The number of benzene rings is 3.